The lowest BCUT2D eigenvalue weighted by Crippen LogP contribution is -2.50. The van der Waals surface area contributed by atoms with Gasteiger partial charge >= 0.3 is 0 Å². The van der Waals surface area contributed by atoms with Crippen molar-refractivity contribution in [3.63, 3.8) is 0 Å². The summed E-state index contributed by atoms with van der Waals surface area (Å²) in [5, 5.41) is 3.03. The number of anilines is 1. The van der Waals surface area contributed by atoms with Gasteiger partial charge in [0.15, 0.2) is 0 Å². The fourth-order valence-corrected chi connectivity index (χ4v) is 4.82. The van der Waals surface area contributed by atoms with Crippen LogP contribution in [0.3, 0.4) is 0 Å². The Labute approximate surface area is 185 Å². The van der Waals surface area contributed by atoms with E-state index >= 15 is 0 Å². The predicted molar refractivity (Wildman–Crippen MR) is 123 cm³/mol. The highest BCUT2D eigenvalue weighted by atomic mass is 32.2. The number of nitrogens with zero attached hydrogens (tertiary/aromatic N) is 1. The number of hydrogen-bond donors (Lipinski definition) is 1. The summed E-state index contributed by atoms with van der Waals surface area (Å²) in [5.41, 5.74) is 2.29. The van der Waals surface area contributed by atoms with E-state index in [4.69, 9.17) is 9.47 Å². The van der Waals surface area contributed by atoms with Crippen molar-refractivity contribution < 1.29 is 22.7 Å². The van der Waals surface area contributed by atoms with Crippen molar-refractivity contribution in [2.45, 2.75) is 45.7 Å². The van der Waals surface area contributed by atoms with Crippen LogP contribution in [0.25, 0.3) is 0 Å². The molecule has 1 amide bonds. The maximum absolute atomic E-state index is 13.3. The van der Waals surface area contributed by atoms with Crippen molar-refractivity contribution in [3.8, 4) is 11.5 Å². The number of sulfonamides is 1. The third-order valence-electron chi connectivity index (χ3n) is 5.18. The molecule has 0 radical (unpaired) electrons. The molecule has 0 saturated carbocycles. The molecule has 0 aliphatic rings. The van der Waals surface area contributed by atoms with Gasteiger partial charge in [-0.05, 0) is 49.1 Å². The first-order valence-corrected chi connectivity index (χ1v) is 12.1. The minimum absolute atomic E-state index is 0.252. The van der Waals surface area contributed by atoms with Gasteiger partial charge in [0.25, 0.3) is 0 Å². The zero-order valence-electron chi connectivity index (χ0n) is 19.0. The summed E-state index contributed by atoms with van der Waals surface area (Å²) in [7, 11) is -0.595. The minimum atomic E-state index is -3.72. The summed E-state index contributed by atoms with van der Waals surface area (Å²) in [4.78, 5) is 13.3. The first kappa shape index (κ1) is 24.5. The second-order valence-electron chi connectivity index (χ2n) is 7.38. The quantitative estimate of drug-likeness (QED) is 0.597. The Morgan fingerprint density at radius 1 is 1.06 bits per heavy atom. The molecule has 0 aliphatic carbocycles. The number of carbonyl (C=O) groups is 1. The molecule has 8 heteroatoms. The van der Waals surface area contributed by atoms with E-state index in [1.165, 1.54) is 7.11 Å². The molecule has 31 heavy (non-hydrogen) atoms. The Morgan fingerprint density at radius 2 is 1.77 bits per heavy atom. The summed E-state index contributed by atoms with van der Waals surface area (Å²) in [6, 6.07) is 11.3. The molecule has 0 spiro atoms. The van der Waals surface area contributed by atoms with E-state index in [2.05, 4.69) is 5.32 Å². The Balaban J connectivity index is 2.37. The van der Waals surface area contributed by atoms with Gasteiger partial charge in [0.2, 0.25) is 15.9 Å². The minimum Gasteiger partial charge on any atom is -0.497 e. The Hall–Kier alpha value is -2.74. The Kier molecular flexibility index (Phi) is 8.33. The molecule has 0 aliphatic heterocycles. The fraction of sp³-hybridized carbons (Fsp3) is 0.435. The average molecular weight is 449 g/mol. The van der Waals surface area contributed by atoms with E-state index in [9.17, 15) is 13.2 Å². The molecule has 0 saturated heterocycles. The normalized spacial score (nSPS) is 13.2. The standard InChI is InChI=1S/C23H32N2O5S/c1-7-20(17-12-13-22(30-5)16(3)14-17)24-23(26)21(8-2)25(31(6,27)28)18-10-9-11-19(15-18)29-4/h9-15,20-21H,7-8H2,1-6H3,(H,24,26)/t20-,21-/m1/s1. The lowest BCUT2D eigenvalue weighted by atomic mass is 10.0. The summed E-state index contributed by atoms with van der Waals surface area (Å²) >= 11 is 0. The van der Waals surface area contributed by atoms with Gasteiger partial charge < -0.3 is 14.8 Å². The summed E-state index contributed by atoms with van der Waals surface area (Å²) in [6.07, 6.45) is 2.08. The highest BCUT2D eigenvalue weighted by Gasteiger charge is 2.32. The summed E-state index contributed by atoms with van der Waals surface area (Å²) in [5.74, 6) is 0.940. The molecular formula is C23H32N2O5S. The third-order valence-corrected chi connectivity index (χ3v) is 6.36. The van der Waals surface area contributed by atoms with E-state index in [1.54, 1.807) is 38.3 Å². The number of hydrogen-bond acceptors (Lipinski definition) is 5. The molecule has 2 atom stereocenters. The number of benzene rings is 2. The zero-order valence-corrected chi connectivity index (χ0v) is 19.8. The van der Waals surface area contributed by atoms with E-state index in [-0.39, 0.29) is 11.9 Å². The van der Waals surface area contributed by atoms with Gasteiger partial charge in [-0.25, -0.2) is 8.42 Å². The summed E-state index contributed by atoms with van der Waals surface area (Å²) in [6.45, 7) is 5.71. The van der Waals surface area contributed by atoms with Crippen LogP contribution in [0.15, 0.2) is 42.5 Å². The predicted octanol–water partition coefficient (Wildman–Crippen LogP) is 3.82. The molecule has 0 heterocycles. The first-order chi connectivity index (χ1) is 14.7. The molecule has 7 nitrogen and oxygen atoms in total. The number of rotatable bonds is 10. The van der Waals surface area contributed by atoms with Crippen molar-refractivity contribution in [3.05, 3.63) is 53.6 Å². The number of methoxy groups -OCH3 is 2. The SMILES string of the molecule is CC[C@H](C(=O)N[C@H](CC)c1ccc(OC)c(C)c1)N(c1cccc(OC)c1)S(C)(=O)=O. The van der Waals surface area contributed by atoms with Crippen LogP contribution in [0.4, 0.5) is 5.69 Å². The van der Waals surface area contributed by atoms with Crippen molar-refractivity contribution in [2.24, 2.45) is 0 Å². The van der Waals surface area contributed by atoms with Crippen LogP contribution in [0.1, 0.15) is 43.9 Å². The van der Waals surface area contributed by atoms with Gasteiger partial charge in [-0.3, -0.25) is 9.10 Å². The van der Waals surface area contributed by atoms with Gasteiger partial charge in [0.1, 0.15) is 17.5 Å². The fourth-order valence-electron chi connectivity index (χ4n) is 3.62. The van der Waals surface area contributed by atoms with Crippen molar-refractivity contribution in [1.29, 1.82) is 0 Å². The second-order valence-corrected chi connectivity index (χ2v) is 9.24. The lowest BCUT2D eigenvalue weighted by molar-refractivity contribution is -0.123. The zero-order chi connectivity index (χ0) is 23.2. The number of carbonyl (C=O) groups excluding carboxylic acids is 1. The van der Waals surface area contributed by atoms with Crippen LogP contribution < -0.4 is 19.1 Å². The lowest BCUT2D eigenvalue weighted by Gasteiger charge is -2.31. The van der Waals surface area contributed by atoms with Crippen LogP contribution >= 0.6 is 0 Å². The molecule has 0 bridgehead atoms. The van der Waals surface area contributed by atoms with Gasteiger partial charge in [0, 0.05) is 6.07 Å². The molecule has 1 N–H and O–H groups in total. The number of amides is 1. The maximum Gasteiger partial charge on any atom is 0.244 e. The molecule has 0 unspecified atom stereocenters. The first-order valence-electron chi connectivity index (χ1n) is 10.2. The van der Waals surface area contributed by atoms with Crippen molar-refractivity contribution in [2.75, 3.05) is 24.8 Å². The number of ether oxygens (including phenoxy) is 2. The average Bonchev–Trinajstić information content (AvgIpc) is 2.74. The van der Waals surface area contributed by atoms with Crippen LogP contribution in [0.5, 0.6) is 11.5 Å². The molecule has 0 aromatic heterocycles. The van der Waals surface area contributed by atoms with Gasteiger partial charge in [-0.1, -0.05) is 32.0 Å². The van der Waals surface area contributed by atoms with Gasteiger partial charge in [0.05, 0.1) is 32.2 Å². The van der Waals surface area contributed by atoms with Crippen molar-refractivity contribution >= 4 is 21.6 Å². The molecular weight excluding hydrogens is 416 g/mol. The molecule has 2 aromatic rings. The summed E-state index contributed by atoms with van der Waals surface area (Å²) < 4.78 is 37.0. The van der Waals surface area contributed by atoms with Crippen molar-refractivity contribution in [1.82, 2.24) is 5.32 Å². The molecule has 2 rings (SSSR count). The Bertz CT molecular complexity index is 1010. The molecule has 2 aromatic carbocycles. The van der Waals surface area contributed by atoms with E-state index in [0.29, 0.717) is 24.3 Å². The second kappa shape index (κ2) is 10.5. The maximum atomic E-state index is 13.3. The molecule has 170 valence electrons. The topological polar surface area (TPSA) is 84.9 Å². The van der Waals surface area contributed by atoms with Crippen LogP contribution in [0, 0.1) is 6.92 Å². The highest BCUT2D eigenvalue weighted by molar-refractivity contribution is 7.92. The Morgan fingerprint density at radius 3 is 2.29 bits per heavy atom. The van der Waals surface area contributed by atoms with Gasteiger partial charge in [-0.2, -0.15) is 0 Å². The largest absolute Gasteiger partial charge is 0.497 e. The smallest absolute Gasteiger partial charge is 0.244 e. The number of nitrogens with one attached hydrogen (secondary N) is 1. The van der Waals surface area contributed by atoms with E-state index < -0.39 is 16.1 Å². The van der Waals surface area contributed by atoms with E-state index in [1.807, 2.05) is 32.0 Å². The van der Waals surface area contributed by atoms with Crippen LogP contribution in [-0.4, -0.2) is 40.8 Å². The monoisotopic (exact) mass is 448 g/mol. The highest BCUT2D eigenvalue weighted by Crippen LogP contribution is 2.28. The van der Waals surface area contributed by atoms with Crippen LogP contribution in [0.2, 0.25) is 0 Å². The molecule has 0 fully saturated rings. The van der Waals surface area contributed by atoms with Crippen LogP contribution in [-0.2, 0) is 14.8 Å². The number of aryl methyl sites for hydroxylation is 1. The third kappa shape index (κ3) is 5.91. The van der Waals surface area contributed by atoms with Gasteiger partial charge in [-0.15, -0.1) is 0 Å². The van der Waals surface area contributed by atoms with E-state index in [0.717, 1.165) is 27.4 Å².